The summed E-state index contributed by atoms with van der Waals surface area (Å²) in [6.07, 6.45) is 1.05. The molecule has 1 unspecified atom stereocenters. The zero-order valence-corrected chi connectivity index (χ0v) is 13.1. The molecule has 0 saturated carbocycles. The summed E-state index contributed by atoms with van der Waals surface area (Å²) >= 11 is 0. The molecule has 0 aliphatic rings. The largest absolute Gasteiger partial charge is 0.481 e. The molecular weight excluding hydrogens is 256 g/mol. The lowest BCUT2D eigenvalue weighted by Crippen LogP contribution is -2.33. The Balaban J connectivity index is 2.74. The quantitative estimate of drug-likeness (QED) is 0.794. The van der Waals surface area contributed by atoms with Crippen LogP contribution in [0.25, 0.3) is 0 Å². The summed E-state index contributed by atoms with van der Waals surface area (Å²) in [5, 5.41) is 13.0. The van der Waals surface area contributed by atoms with Gasteiger partial charge in [0.25, 0.3) is 0 Å². The van der Waals surface area contributed by atoms with Crippen molar-refractivity contribution in [2.24, 2.45) is 11.8 Å². The summed E-state index contributed by atoms with van der Waals surface area (Å²) in [6, 6.07) is 0. The number of nitrogens with zero attached hydrogens (tertiary/aromatic N) is 2. The van der Waals surface area contributed by atoms with E-state index in [0.717, 1.165) is 30.0 Å². The van der Waals surface area contributed by atoms with Crippen molar-refractivity contribution in [2.75, 3.05) is 13.1 Å². The molecule has 114 valence electrons. The first kappa shape index (κ1) is 16.7. The second kappa shape index (κ2) is 7.43. The van der Waals surface area contributed by atoms with E-state index in [0.29, 0.717) is 19.0 Å². The first-order valence-corrected chi connectivity index (χ1v) is 7.18. The number of hydrogen-bond acceptors (Lipinski definition) is 4. The van der Waals surface area contributed by atoms with Crippen LogP contribution in [-0.2, 0) is 11.3 Å². The van der Waals surface area contributed by atoms with Gasteiger partial charge in [0.1, 0.15) is 5.76 Å². The second-order valence-electron chi connectivity index (χ2n) is 5.96. The van der Waals surface area contributed by atoms with Gasteiger partial charge in [-0.1, -0.05) is 25.9 Å². The lowest BCUT2D eigenvalue weighted by Gasteiger charge is -2.25. The van der Waals surface area contributed by atoms with E-state index in [1.165, 1.54) is 0 Å². The molecule has 0 aliphatic heterocycles. The molecule has 0 fully saturated rings. The predicted octanol–water partition coefficient (Wildman–Crippen LogP) is 2.86. The Morgan fingerprint density at radius 1 is 1.35 bits per heavy atom. The molecule has 5 heteroatoms. The molecule has 1 heterocycles. The highest BCUT2D eigenvalue weighted by Crippen LogP contribution is 2.17. The van der Waals surface area contributed by atoms with E-state index in [9.17, 15) is 4.79 Å². The Hall–Kier alpha value is -1.36. The molecule has 0 aliphatic carbocycles. The molecule has 0 amide bonds. The summed E-state index contributed by atoms with van der Waals surface area (Å²) in [7, 11) is 0. The normalized spacial score (nSPS) is 13.2. The van der Waals surface area contributed by atoms with Gasteiger partial charge in [-0.25, -0.2) is 0 Å². The highest BCUT2D eigenvalue weighted by Gasteiger charge is 2.19. The van der Waals surface area contributed by atoms with Gasteiger partial charge in [-0.15, -0.1) is 0 Å². The van der Waals surface area contributed by atoms with Crippen molar-refractivity contribution < 1.29 is 14.4 Å². The third kappa shape index (κ3) is 4.96. The Morgan fingerprint density at radius 2 is 2.00 bits per heavy atom. The summed E-state index contributed by atoms with van der Waals surface area (Å²) in [5.74, 6) is 0.295. The average Bonchev–Trinajstić information content (AvgIpc) is 2.67. The maximum Gasteiger partial charge on any atom is 0.307 e. The summed E-state index contributed by atoms with van der Waals surface area (Å²) in [5.41, 5.74) is 1.96. The maximum atomic E-state index is 11.1. The number of carboxylic acids is 1. The Morgan fingerprint density at radius 3 is 2.45 bits per heavy atom. The monoisotopic (exact) mass is 282 g/mol. The molecule has 0 saturated heterocycles. The van der Waals surface area contributed by atoms with Crippen molar-refractivity contribution in [1.82, 2.24) is 10.1 Å². The van der Waals surface area contributed by atoms with Crippen molar-refractivity contribution in [2.45, 2.75) is 47.6 Å². The van der Waals surface area contributed by atoms with Crippen LogP contribution >= 0.6 is 0 Å². The second-order valence-corrected chi connectivity index (χ2v) is 5.96. The molecule has 0 bridgehead atoms. The summed E-state index contributed by atoms with van der Waals surface area (Å²) < 4.78 is 5.18. The van der Waals surface area contributed by atoms with Crippen molar-refractivity contribution in [3.05, 3.63) is 17.0 Å². The molecule has 0 radical (unpaired) electrons. The fourth-order valence-corrected chi connectivity index (χ4v) is 2.09. The van der Waals surface area contributed by atoms with E-state index in [4.69, 9.17) is 9.63 Å². The van der Waals surface area contributed by atoms with Gasteiger partial charge >= 0.3 is 5.97 Å². The lowest BCUT2D eigenvalue weighted by molar-refractivity contribution is -0.141. The van der Waals surface area contributed by atoms with Gasteiger partial charge in [-0.2, -0.15) is 0 Å². The van der Waals surface area contributed by atoms with Gasteiger partial charge in [-0.05, 0) is 32.7 Å². The Labute approximate surface area is 120 Å². The van der Waals surface area contributed by atoms with E-state index >= 15 is 0 Å². The van der Waals surface area contributed by atoms with Gasteiger partial charge < -0.3 is 9.63 Å². The van der Waals surface area contributed by atoms with Crippen molar-refractivity contribution in [3.8, 4) is 0 Å². The molecular formula is C15H26N2O3. The predicted molar refractivity (Wildman–Crippen MR) is 77.5 cm³/mol. The molecule has 0 aromatic carbocycles. The van der Waals surface area contributed by atoms with Crippen molar-refractivity contribution in [1.29, 1.82) is 0 Å². The molecule has 20 heavy (non-hydrogen) atoms. The number of carbonyl (C=O) groups is 1. The first-order chi connectivity index (χ1) is 9.31. The minimum Gasteiger partial charge on any atom is -0.481 e. The van der Waals surface area contributed by atoms with Gasteiger partial charge in [0, 0.05) is 18.7 Å². The highest BCUT2D eigenvalue weighted by atomic mass is 16.5. The SMILES string of the molecule is Cc1noc(C)c1CN(CCC(C)C)CC(C)C(=O)O. The smallest absolute Gasteiger partial charge is 0.307 e. The number of carboxylic acid groups (broad SMARTS) is 1. The zero-order chi connectivity index (χ0) is 15.3. The summed E-state index contributed by atoms with van der Waals surface area (Å²) in [6.45, 7) is 12.1. The number of aliphatic carboxylic acids is 1. The van der Waals surface area contributed by atoms with Gasteiger partial charge in [-0.3, -0.25) is 9.69 Å². The van der Waals surface area contributed by atoms with E-state index in [1.807, 2.05) is 13.8 Å². The molecule has 1 aromatic heterocycles. The zero-order valence-electron chi connectivity index (χ0n) is 13.1. The third-order valence-electron chi connectivity index (χ3n) is 3.54. The van der Waals surface area contributed by atoms with Crippen LogP contribution in [-0.4, -0.2) is 34.2 Å². The van der Waals surface area contributed by atoms with Crippen LogP contribution in [0.4, 0.5) is 0 Å². The van der Waals surface area contributed by atoms with E-state index in [2.05, 4.69) is 23.9 Å². The van der Waals surface area contributed by atoms with Crippen molar-refractivity contribution >= 4 is 5.97 Å². The molecule has 1 aromatic rings. The lowest BCUT2D eigenvalue weighted by atomic mass is 10.1. The molecule has 1 rings (SSSR count). The van der Waals surface area contributed by atoms with Crippen LogP contribution in [0.3, 0.4) is 0 Å². The molecule has 5 nitrogen and oxygen atoms in total. The number of hydrogen-bond donors (Lipinski definition) is 1. The molecule has 1 N–H and O–H groups in total. The Kier molecular flexibility index (Phi) is 6.20. The number of aromatic nitrogens is 1. The van der Waals surface area contributed by atoms with Crippen LogP contribution < -0.4 is 0 Å². The molecule has 1 atom stereocenters. The van der Waals surface area contributed by atoms with Crippen LogP contribution in [0.5, 0.6) is 0 Å². The van der Waals surface area contributed by atoms with E-state index in [-0.39, 0.29) is 5.92 Å². The van der Waals surface area contributed by atoms with Crippen LogP contribution in [0.1, 0.15) is 44.2 Å². The van der Waals surface area contributed by atoms with Gasteiger partial charge in [0.2, 0.25) is 0 Å². The van der Waals surface area contributed by atoms with Crippen molar-refractivity contribution in [3.63, 3.8) is 0 Å². The van der Waals surface area contributed by atoms with Crippen LogP contribution in [0.15, 0.2) is 4.52 Å². The summed E-state index contributed by atoms with van der Waals surface area (Å²) in [4.78, 5) is 13.2. The third-order valence-corrected chi connectivity index (χ3v) is 3.54. The van der Waals surface area contributed by atoms with Crippen LogP contribution in [0.2, 0.25) is 0 Å². The minimum atomic E-state index is -0.752. The van der Waals surface area contributed by atoms with E-state index in [1.54, 1.807) is 6.92 Å². The fraction of sp³-hybridized carbons (Fsp3) is 0.733. The molecule has 0 spiro atoms. The van der Waals surface area contributed by atoms with Gasteiger partial charge in [0.05, 0.1) is 11.6 Å². The first-order valence-electron chi connectivity index (χ1n) is 7.18. The van der Waals surface area contributed by atoms with Gasteiger partial charge in [0.15, 0.2) is 0 Å². The fourth-order valence-electron chi connectivity index (χ4n) is 2.09. The maximum absolute atomic E-state index is 11.1. The standard InChI is InChI=1S/C15H26N2O3/c1-10(2)6-7-17(8-11(3)15(18)19)9-14-12(4)16-20-13(14)5/h10-11H,6-9H2,1-5H3,(H,18,19). The van der Waals surface area contributed by atoms with E-state index < -0.39 is 5.97 Å². The highest BCUT2D eigenvalue weighted by molar-refractivity contribution is 5.69. The minimum absolute atomic E-state index is 0.373. The average molecular weight is 282 g/mol. The number of aryl methyl sites for hydroxylation is 2. The topological polar surface area (TPSA) is 66.6 Å². The Bertz CT molecular complexity index is 421. The number of rotatable bonds is 8. The van der Waals surface area contributed by atoms with Crippen LogP contribution in [0, 0.1) is 25.7 Å².